The number of unbranched alkanes of at least 4 members (excludes halogenated alkanes) is 10. The summed E-state index contributed by atoms with van der Waals surface area (Å²) in [7, 11) is 0. The number of nitrogens with one attached hydrogen (secondary N) is 2. The van der Waals surface area contributed by atoms with Gasteiger partial charge in [-0.25, -0.2) is 0 Å². The normalized spacial score (nSPS) is 21.8. The van der Waals surface area contributed by atoms with Gasteiger partial charge in [0.15, 0.2) is 0 Å². The standard InChI is InChI=1S/C33H59N3O3/c1-3-4-5-6-7-8-9-10-11-12-13-14-15-16-17-20-25-39-33(38)31-26-30(27-34-31)35-32(37)21-18-19-23-36-24-22-29(2)28-36/h7-8,10-11,29-31,34H,3-6,9,12-28H2,1-2H3,(H,35,37)/b8-7-,11-10-. The van der Waals surface area contributed by atoms with E-state index < -0.39 is 0 Å². The van der Waals surface area contributed by atoms with Crippen LogP contribution in [0.1, 0.15) is 123 Å². The van der Waals surface area contributed by atoms with E-state index in [4.69, 9.17) is 4.74 Å². The van der Waals surface area contributed by atoms with Crippen molar-refractivity contribution in [2.24, 2.45) is 5.92 Å². The van der Waals surface area contributed by atoms with Gasteiger partial charge in [-0.2, -0.15) is 0 Å². The fraction of sp³-hybridized carbons (Fsp3) is 0.818. The lowest BCUT2D eigenvalue weighted by Crippen LogP contribution is -2.36. The molecule has 224 valence electrons. The summed E-state index contributed by atoms with van der Waals surface area (Å²) in [4.78, 5) is 27.2. The van der Waals surface area contributed by atoms with Gasteiger partial charge in [0.25, 0.3) is 0 Å². The van der Waals surface area contributed by atoms with Gasteiger partial charge in [0.2, 0.25) is 5.91 Å². The Kier molecular flexibility index (Phi) is 19.0. The Balaban J connectivity index is 1.36. The van der Waals surface area contributed by atoms with E-state index in [2.05, 4.69) is 53.7 Å². The lowest BCUT2D eigenvalue weighted by atomic mass is 10.1. The number of hydrogen-bond acceptors (Lipinski definition) is 5. The Labute approximate surface area is 239 Å². The van der Waals surface area contributed by atoms with Crippen molar-refractivity contribution in [3.05, 3.63) is 24.3 Å². The van der Waals surface area contributed by atoms with Crippen LogP contribution >= 0.6 is 0 Å². The summed E-state index contributed by atoms with van der Waals surface area (Å²) in [5, 5.41) is 6.32. The highest BCUT2D eigenvalue weighted by molar-refractivity contribution is 5.78. The molecule has 0 bridgehead atoms. The predicted molar refractivity (Wildman–Crippen MR) is 163 cm³/mol. The van der Waals surface area contributed by atoms with Crippen molar-refractivity contribution in [2.75, 3.05) is 32.8 Å². The van der Waals surface area contributed by atoms with Crippen LogP contribution < -0.4 is 10.6 Å². The zero-order valence-corrected chi connectivity index (χ0v) is 25.3. The van der Waals surface area contributed by atoms with Crippen LogP contribution in [-0.4, -0.2) is 61.6 Å². The maximum Gasteiger partial charge on any atom is 0.323 e. The first kappa shape index (κ1) is 33.5. The van der Waals surface area contributed by atoms with E-state index in [0.717, 1.165) is 44.6 Å². The molecule has 2 aliphatic heterocycles. The lowest BCUT2D eigenvalue weighted by molar-refractivity contribution is -0.146. The maximum absolute atomic E-state index is 12.4. The minimum atomic E-state index is -0.294. The number of amides is 1. The van der Waals surface area contributed by atoms with Crippen LogP contribution in [-0.2, 0) is 14.3 Å². The van der Waals surface area contributed by atoms with Crippen molar-refractivity contribution in [3.8, 4) is 0 Å². The number of allylic oxidation sites excluding steroid dienone is 4. The third-order valence-electron chi connectivity index (χ3n) is 8.01. The Morgan fingerprint density at radius 1 is 0.923 bits per heavy atom. The molecule has 0 spiro atoms. The molecular weight excluding hydrogens is 486 g/mol. The topological polar surface area (TPSA) is 70.7 Å². The highest BCUT2D eigenvalue weighted by atomic mass is 16.5. The predicted octanol–water partition coefficient (Wildman–Crippen LogP) is 6.70. The molecule has 1 amide bonds. The van der Waals surface area contributed by atoms with Gasteiger partial charge in [-0.3, -0.25) is 9.59 Å². The number of nitrogens with zero attached hydrogens (tertiary/aromatic N) is 1. The Bertz CT molecular complexity index is 708. The van der Waals surface area contributed by atoms with Gasteiger partial charge in [-0.05, 0) is 83.2 Å². The van der Waals surface area contributed by atoms with E-state index in [9.17, 15) is 9.59 Å². The summed E-state index contributed by atoms with van der Waals surface area (Å²) in [6, 6.07) is -0.270. The average molecular weight is 546 g/mol. The van der Waals surface area contributed by atoms with Gasteiger partial charge in [0.05, 0.1) is 6.61 Å². The van der Waals surface area contributed by atoms with E-state index >= 15 is 0 Å². The molecule has 2 heterocycles. The molecule has 2 fully saturated rings. The van der Waals surface area contributed by atoms with E-state index in [-0.39, 0.29) is 24.0 Å². The number of likely N-dealkylation sites (tertiary alicyclic amines) is 1. The smallest absolute Gasteiger partial charge is 0.323 e. The van der Waals surface area contributed by atoms with Crippen LogP contribution in [0.4, 0.5) is 0 Å². The van der Waals surface area contributed by atoms with Crippen molar-refractivity contribution in [2.45, 2.75) is 135 Å². The Morgan fingerprint density at radius 3 is 2.36 bits per heavy atom. The molecule has 0 radical (unpaired) electrons. The summed E-state index contributed by atoms with van der Waals surface area (Å²) in [6.45, 7) is 9.20. The van der Waals surface area contributed by atoms with Crippen LogP contribution in [0.2, 0.25) is 0 Å². The molecule has 2 saturated heterocycles. The van der Waals surface area contributed by atoms with Gasteiger partial charge in [0, 0.05) is 25.6 Å². The fourth-order valence-electron chi connectivity index (χ4n) is 5.54. The highest BCUT2D eigenvalue weighted by Crippen LogP contribution is 2.16. The van der Waals surface area contributed by atoms with Gasteiger partial charge in [-0.15, -0.1) is 0 Å². The number of carbonyl (C=O) groups excluding carboxylic acids is 2. The number of hydrogen-bond donors (Lipinski definition) is 2. The minimum Gasteiger partial charge on any atom is -0.465 e. The first-order valence-corrected chi connectivity index (χ1v) is 16.3. The maximum atomic E-state index is 12.4. The molecule has 2 N–H and O–H groups in total. The second kappa shape index (κ2) is 22.1. The molecule has 0 aromatic rings. The molecule has 3 unspecified atom stereocenters. The quantitative estimate of drug-likeness (QED) is 0.0900. The number of carbonyl (C=O) groups is 2. The van der Waals surface area contributed by atoms with Crippen LogP contribution in [0.3, 0.4) is 0 Å². The van der Waals surface area contributed by atoms with Crippen molar-refractivity contribution in [1.29, 1.82) is 0 Å². The molecule has 2 aliphatic rings. The van der Waals surface area contributed by atoms with Crippen molar-refractivity contribution in [3.63, 3.8) is 0 Å². The molecule has 6 nitrogen and oxygen atoms in total. The first-order valence-electron chi connectivity index (χ1n) is 16.3. The van der Waals surface area contributed by atoms with Crippen molar-refractivity contribution < 1.29 is 14.3 Å². The van der Waals surface area contributed by atoms with Gasteiger partial charge in [-0.1, -0.05) is 76.7 Å². The molecule has 0 aromatic heterocycles. The SMILES string of the molecule is CCCCC/C=C\C/C=C\CCCCCCCCOC(=O)C1CC(NC(=O)CCCCN2CCC(C)C2)CN1. The van der Waals surface area contributed by atoms with E-state index in [1.54, 1.807) is 0 Å². The summed E-state index contributed by atoms with van der Waals surface area (Å²) >= 11 is 0. The molecule has 2 rings (SSSR count). The zero-order valence-electron chi connectivity index (χ0n) is 25.3. The van der Waals surface area contributed by atoms with Gasteiger partial charge < -0.3 is 20.3 Å². The zero-order chi connectivity index (χ0) is 28.0. The second-order valence-corrected chi connectivity index (χ2v) is 11.9. The fourth-order valence-corrected chi connectivity index (χ4v) is 5.54. The number of rotatable bonds is 22. The Hall–Kier alpha value is -1.66. The number of esters is 1. The van der Waals surface area contributed by atoms with E-state index in [1.807, 2.05) is 0 Å². The van der Waals surface area contributed by atoms with Crippen LogP contribution in [0.15, 0.2) is 24.3 Å². The Morgan fingerprint density at radius 2 is 1.64 bits per heavy atom. The second-order valence-electron chi connectivity index (χ2n) is 11.9. The van der Waals surface area contributed by atoms with E-state index in [0.29, 0.717) is 26.0 Å². The summed E-state index contributed by atoms with van der Waals surface area (Å²) < 4.78 is 5.50. The largest absolute Gasteiger partial charge is 0.465 e. The summed E-state index contributed by atoms with van der Waals surface area (Å²) in [5.74, 6) is 0.745. The van der Waals surface area contributed by atoms with Crippen LogP contribution in [0.5, 0.6) is 0 Å². The van der Waals surface area contributed by atoms with Crippen molar-refractivity contribution >= 4 is 11.9 Å². The first-order chi connectivity index (χ1) is 19.1. The third kappa shape index (κ3) is 16.9. The van der Waals surface area contributed by atoms with Crippen molar-refractivity contribution in [1.82, 2.24) is 15.5 Å². The molecular formula is C33H59N3O3. The van der Waals surface area contributed by atoms with E-state index in [1.165, 1.54) is 77.3 Å². The highest BCUT2D eigenvalue weighted by Gasteiger charge is 2.31. The average Bonchev–Trinajstić information content (AvgIpc) is 3.57. The summed E-state index contributed by atoms with van der Waals surface area (Å²) in [6.07, 6.45) is 28.1. The monoisotopic (exact) mass is 545 g/mol. The minimum absolute atomic E-state index is 0.0244. The molecule has 0 aliphatic carbocycles. The summed E-state index contributed by atoms with van der Waals surface area (Å²) in [5.41, 5.74) is 0. The third-order valence-corrected chi connectivity index (χ3v) is 8.01. The molecule has 0 saturated carbocycles. The molecule has 6 heteroatoms. The van der Waals surface area contributed by atoms with Crippen LogP contribution in [0, 0.1) is 5.92 Å². The van der Waals surface area contributed by atoms with Crippen LogP contribution in [0.25, 0.3) is 0 Å². The molecule has 0 aromatic carbocycles. The number of ether oxygens (including phenoxy) is 1. The lowest BCUT2D eigenvalue weighted by Gasteiger charge is -2.15. The molecule has 3 atom stereocenters. The van der Waals surface area contributed by atoms with Gasteiger partial charge >= 0.3 is 5.97 Å². The van der Waals surface area contributed by atoms with Gasteiger partial charge in [0.1, 0.15) is 6.04 Å². The molecule has 39 heavy (non-hydrogen) atoms.